The number of aryl methyl sites for hydroxylation is 1. The van der Waals surface area contributed by atoms with Crippen molar-refractivity contribution in [2.45, 2.75) is 19.8 Å². The third-order valence-electron chi connectivity index (χ3n) is 3.35. The SMILES string of the molecule is CCc1cn[nH]c1NC(=O)c1ccc2c(c1)OCCCO2. The maximum atomic E-state index is 12.3. The van der Waals surface area contributed by atoms with Crippen LogP contribution in [0.3, 0.4) is 0 Å². The van der Waals surface area contributed by atoms with Crippen LogP contribution in [0.25, 0.3) is 0 Å². The third-order valence-corrected chi connectivity index (χ3v) is 3.35. The first kappa shape index (κ1) is 13.5. The lowest BCUT2D eigenvalue weighted by Crippen LogP contribution is -2.13. The van der Waals surface area contributed by atoms with Crippen LogP contribution in [0.5, 0.6) is 11.5 Å². The Balaban J connectivity index is 1.80. The molecule has 1 aliphatic rings. The van der Waals surface area contributed by atoms with Gasteiger partial charge in [-0.15, -0.1) is 0 Å². The van der Waals surface area contributed by atoms with Crippen LogP contribution >= 0.6 is 0 Å². The number of aromatic nitrogens is 2. The summed E-state index contributed by atoms with van der Waals surface area (Å²) in [5.74, 6) is 1.72. The van der Waals surface area contributed by atoms with Gasteiger partial charge in [0.25, 0.3) is 5.91 Å². The molecule has 110 valence electrons. The average molecular weight is 287 g/mol. The highest BCUT2D eigenvalue weighted by Crippen LogP contribution is 2.30. The number of amides is 1. The molecule has 2 heterocycles. The van der Waals surface area contributed by atoms with Gasteiger partial charge in [-0.1, -0.05) is 6.92 Å². The summed E-state index contributed by atoms with van der Waals surface area (Å²) in [6.07, 6.45) is 3.35. The Morgan fingerprint density at radius 3 is 2.95 bits per heavy atom. The van der Waals surface area contributed by atoms with Gasteiger partial charge in [-0.05, 0) is 24.6 Å². The van der Waals surface area contributed by atoms with Crippen LogP contribution in [0.2, 0.25) is 0 Å². The summed E-state index contributed by atoms with van der Waals surface area (Å²) >= 11 is 0. The largest absolute Gasteiger partial charge is 0.490 e. The number of H-pyrrole nitrogens is 1. The first-order chi connectivity index (χ1) is 10.3. The number of carbonyl (C=O) groups excluding carboxylic acids is 1. The molecule has 0 fully saturated rings. The second-order valence-electron chi connectivity index (χ2n) is 4.79. The zero-order chi connectivity index (χ0) is 14.7. The number of nitrogens with zero attached hydrogens (tertiary/aromatic N) is 1. The van der Waals surface area contributed by atoms with E-state index in [1.165, 1.54) is 0 Å². The fourth-order valence-electron chi connectivity index (χ4n) is 2.18. The number of anilines is 1. The second-order valence-corrected chi connectivity index (χ2v) is 4.79. The summed E-state index contributed by atoms with van der Waals surface area (Å²) in [5, 5.41) is 9.56. The highest BCUT2D eigenvalue weighted by molar-refractivity contribution is 6.04. The molecule has 1 aliphatic heterocycles. The molecule has 1 aromatic heterocycles. The van der Waals surface area contributed by atoms with E-state index in [-0.39, 0.29) is 5.91 Å². The van der Waals surface area contributed by atoms with E-state index in [2.05, 4.69) is 15.5 Å². The quantitative estimate of drug-likeness (QED) is 0.908. The standard InChI is InChI=1S/C15H17N3O3/c1-2-10-9-16-18-14(10)17-15(19)11-4-5-12-13(8-11)21-7-3-6-20-12/h4-5,8-9H,2-3,6-7H2,1H3,(H2,16,17,18,19). The van der Waals surface area contributed by atoms with E-state index in [0.717, 1.165) is 18.4 Å². The molecule has 0 bridgehead atoms. The van der Waals surface area contributed by atoms with E-state index in [1.807, 2.05) is 6.92 Å². The predicted octanol–water partition coefficient (Wildman–Crippen LogP) is 2.39. The minimum Gasteiger partial charge on any atom is -0.490 e. The summed E-state index contributed by atoms with van der Waals surface area (Å²) in [7, 11) is 0. The van der Waals surface area contributed by atoms with Crippen LogP contribution in [-0.4, -0.2) is 29.3 Å². The van der Waals surface area contributed by atoms with Crippen LogP contribution in [0, 0.1) is 0 Å². The van der Waals surface area contributed by atoms with E-state index in [9.17, 15) is 4.79 Å². The Morgan fingerprint density at radius 1 is 1.33 bits per heavy atom. The lowest BCUT2D eigenvalue weighted by molar-refractivity contribution is 0.102. The molecule has 2 aromatic rings. The van der Waals surface area contributed by atoms with Crippen LogP contribution in [0.15, 0.2) is 24.4 Å². The third kappa shape index (κ3) is 2.84. The van der Waals surface area contributed by atoms with Gasteiger partial charge in [-0.3, -0.25) is 9.89 Å². The van der Waals surface area contributed by atoms with Crippen molar-refractivity contribution in [3.8, 4) is 11.5 Å². The highest BCUT2D eigenvalue weighted by atomic mass is 16.5. The van der Waals surface area contributed by atoms with Gasteiger partial charge >= 0.3 is 0 Å². The molecule has 1 amide bonds. The van der Waals surface area contributed by atoms with Crippen LogP contribution < -0.4 is 14.8 Å². The molecule has 21 heavy (non-hydrogen) atoms. The van der Waals surface area contributed by atoms with Gasteiger partial charge < -0.3 is 14.8 Å². The average Bonchev–Trinajstić information content (AvgIpc) is 2.81. The molecule has 0 radical (unpaired) electrons. The van der Waals surface area contributed by atoms with E-state index in [1.54, 1.807) is 24.4 Å². The van der Waals surface area contributed by atoms with Crippen molar-refractivity contribution < 1.29 is 14.3 Å². The zero-order valence-corrected chi connectivity index (χ0v) is 11.8. The van der Waals surface area contributed by atoms with Gasteiger partial charge in [0.1, 0.15) is 5.82 Å². The molecular weight excluding hydrogens is 270 g/mol. The molecule has 1 aromatic carbocycles. The zero-order valence-electron chi connectivity index (χ0n) is 11.8. The number of rotatable bonds is 3. The highest BCUT2D eigenvalue weighted by Gasteiger charge is 2.15. The molecule has 0 atom stereocenters. The maximum absolute atomic E-state index is 12.3. The van der Waals surface area contributed by atoms with Crippen molar-refractivity contribution in [1.82, 2.24) is 10.2 Å². The van der Waals surface area contributed by atoms with E-state index >= 15 is 0 Å². The Bertz CT molecular complexity index is 651. The topological polar surface area (TPSA) is 76.2 Å². The summed E-state index contributed by atoms with van der Waals surface area (Å²) in [5.41, 5.74) is 1.49. The first-order valence-corrected chi connectivity index (χ1v) is 7.01. The summed E-state index contributed by atoms with van der Waals surface area (Å²) in [6.45, 7) is 3.24. The fourth-order valence-corrected chi connectivity index (χ4v) is 2.18. The molecular formula is C15H17N3O3. The molecule has 0 spiro atoms. The number of nitrogens with one attached hydrogen (secondary N) is 2. The molecule has 0 saturated carbocycles. The lowest BCUT2D eigenvalue weighted by atomic mass is 10.2. The van der Waals surface area contributed by atoms with E-state index in [0.29, 0.717) is 36.1 Å². The number of hydrogen-bond donors (Lipinski definition) is 2. The van der Waals surface area contributed by atoms with E-state index in [4.69, 9.17) is 9.47 Å². The second kappa shape index (κ2) is 5.87. The number of ether oxygens (including phenoxy) is 2. The van der Waals surface area contributed by atoms with Crippen molar-refractivity contribution in [2.24, 2.45) is 0 Å². The normalized spacial score (nSPS) is 13.6. The summed E-state index contributed by atoms with van der Waals surface area (Å²) in [6, 6.07) is 5.20. The van der Waals surface area contributed by atoms with Crippen LogP contribution in [0.1, 0.15) is 29.3 Å². The minimum absolute atomic E-state index is 0.204. The van der Waals surface area contributed by atoms with Gasteiger partial charge in [-0.2, -0.15) is 5.10 Å². The molecule has 6 nitrogen and oxygen atoms in total. The van der Waals surface area contributed by atoms with Gasteiger partial charge in [0.05, 0.1) is 19.4 Å². The number of carbonyl (C=O) groups is 1. The predicted molar refractivity (Wildman–Crippen MR) is 78.0 cm³/mol. The smallest absolute Gasteiger partial charge is 0.256 e. The Labute approximate surface area is 122 Å². The molecule has 0 saturated heterocycles. The fraction of sp³-hybridized carbons (Fsp3) is 0.333. The monoisotopic (exact) mass is 287 g/mol. The Hall–Kier alpha value is -2.50. The first-order valence-electron chi connectivity index (χ1n) is 7.01. The Kier molecular flexibility index (Phi) is 3.77. The molecule has 6 heteroatoms. The van der Waals surface area contributed by atoms with Crippen molar-refractivity contribution in [3.63, 3.8) is 0 Å². The van der Waals surface area contributed by atoms with Crippen LogP contribution in [-0.2, 0) is 6.42 Å². The molecule has 3 rings (SSSR count). The molecule has 0 aliphatic carbocycles. The van der Waals surface area contributed by atoms with Crippen molar-refractivity contribution in [1.29, 1.82) is 0 Å². The number of benzene rings is 1. The van der Waals surface area contributed by atoms with E-state index < -0.39 is 0 Å². The van der Waals surface area contributed by atoms with Gasteiger partial charge in [0, 0.05) is 17.5 Å². The summed E-state index contributed by atoms with van der Waals surface area (Å²) in [4.78, 5) is 12.3. The number of aromatic amines is 1. The maximum Gasteiger partial charge on any atom is 0.256 e. The Morgan fingerprint density at radius 2 is 2.14 bits per heavy atom. The molecule has 0 unspecified atom stereocenters. The number of hydrogen-bond acceptors (Lipinski definition) is 4. The van der Waals surface area contributed by atoms with Crippen molar-refractivity contribution in [3.05, 3.63) is 35.5 Å². The van der Waals surface area contributed by atoms with Crippen molar-refractivity contribution in [2.75, 3.05) is 18.5 Å². The summed E-state index contributed by atoms with van der Waals surface area (Å²) < 4.78 is 11.1. The van der Waals surface area contributed by atoms with Crippen LogP contribution in [0.4, 0.5) is 5.82 Å². The molecule has 2 N–H and O–H groups in total. The van der Waals surface area contributed by atoms with Gasteiger partial charge in [0.15, 0.2) is 11.5 Å². The lowest BCUT2D eigenvalue weighted by Gasteiger charge is -2.09. The minimum atomic E-state index is -0.204. The van der Waals surface area contributed by atoms with Gasteiger partial charge in [0.2, 0.25) is 0 Å². The van der Waals surface area contributed by atoms with Gasteiger partial charge in [-0.25, -0.2) is 0 Å². The number of fused-ring (bicyclic) bond motifs is 1. The van der Waals surface area contributed by atoms with Crippen molar-refractivity contribution >= 4 is 11.7 Å².